The lowest BCUT2D eigenvalue weighted by atomic mass is 10.1. The van der Waals surface area contributed by atoms with Gasteiger partial charge in [-0.3, -0.25) is 0 Å². The van der Waals surface area contributed by atoms with Gasteiger partial charge in [0.1, 0.15) is 0 Å². The van der Waals surface area contributed by atoms with Crippen molar-refractivity contribution in [1.82, 2.24) is 10.2 Å². The standard InChI is InChI=1S/C11H19N3O/c1-9(2)6-7-14(3)11-5-4-10(8-15)12-13-11/h4-5,9,15H,6-8H2,1-3H3. The van der Waals surface area contributed by atoms with Gasteiger partial charge in [-0.2, -0.15) is 5.10 Å². The third-order valence-electron chi connectivity index (χ3n) is 2.30. The lowest BCUT2D eigenvalue weighted by molar-refractivity contribution is 0.275. The Morgan fingerprint density at radius 2 is 2.07 bits per heavy atom. The highest BCUT2D eigenvalue weighted by Crippen LogP contribution is 2.09. The highest BCUT2D eigenvalue weighted by atomic mass is 16.3. The summed E-state index contributed by atoms with van der Waals surface area (Å²) in [4.78, 5) is 2.08. The lowest BCUT2D eigenvalue weighted by Gasteiger charge is -2.18. The van der Waals surface area contributed by atoms with Crippen molar-refractivity contribution >= 4 is 5.82 Å². The molecule has 0 bridgehead atoms. The number of aromatic nitrogens is 2. The molecule has 4 nitrogen and oxygen atoms in total. The first-order chi connectivity index (χ1) is 7.13. The zero-order valence-corrected chi connectivity index (χ0v) is 9.64. The van der Waals surface area contributed by atoms with Crippen LogP contribution in [0, 0.1) is 5.92 Å². The maximum absolute atomic E-state index is 8.83. The smallest absolute Gasteiger partial charge is 0.150 e. The maximum Gasteiger partial charge on any atom is 0.150 e. The minimum absolute atomic E-state index is 0.0526. The van der Waals surface area contributed by atoms with Crippen molar-refractivity contribution in [1.29, 1.82) is 0 Å². The zero-order chi connectivity index (χ0) is 11.3. The Balaban J connectivity index is 2.54. The second-order valence-corrected chi connectivity index (χ2v) is 4.15. The van der Waals surface area contributed by atoms with Crippen molar-refractivity contribution < 1.29 is 5.11 Å². The summed E-state index contributed by atoms with van der Waals surface area (Å²) in [6.07, 6.45) is 1.14. The van der Waals surface area contributed by atoms with Crippen molar-refractivity contribution in [2.24, 2.45) is 5.92 Å². The number of anilines is 1. The predicted octanol–water partition coefficient (Wildman–Crippen LogP) is 1.45. The van der Waals surface area contributed by atoms with Gasteiger partial charge < -0.3 is 10.0 Å². The van der Waals surface area contributed by atoms with E-state index in [0.717, 1.165) is 18.8 Å². The quantitative estimate of drug-likeness (QED) is 0.797. The van der Waals surface area contributed by atoms with E-state index in [2.05, 4.69) is 28.9 Å². The summed E-state index contributed by atoms with van der Waals surface area (Å²) in [6, 6.07) is 3.69. The van der Waals surface area contributed by atoms with Crippen LogP contribution in [0.2, 0.25) is 0 Å². The van der Waals surface area contributed by atoms with Gasteiger partial charge in [0.2, 0.25) is 0 Å². The third kappa shape index (κ3) is 3.83. The van der Waals surface area contributed by atoms with Crippen molar-refractivity contribution in [2.75, 3.05) is 18.5 Å². The van der Waals surface area contributed by atoms with Gasteiger partial charge in [-0.1, -0.05) is 13.8 Å². The van der Waals surface area contributed by atoms with E-state index < -0.39 is 0 Å². The van der Waals surface area contributed by atoms with Crippen molar-refractivity contribution in [3.05, 3.63) is 17.8 Å². The van der Waals surface area contributed by atoms with Crippen LogP contribution < -0.4 is 4.90 Å². The molecule has 1 rings (SSSR count). The molecule has 0 atom stereocenters. The molecule has 0 fully saturated rings. The molecule has 0 saturated carbocycles. The van der Waals surface area contributed by atoms with E-state index in [4.69, 9.17) is 5.11 Å². The molecule has 0 aliphatic rings. The van der Waals surface area contributed by atoms with Gasteiger partial charge in [0.15, 0.2) is 5.82 Å². The van der Waals surface area contributed by atoms with Crippen LogP contribution >= 0.6 is 0 Å². The van der Waals surface area contributed by atoms with E-state index >= 15 is 0 Å². The molecule has 1 heterocycles. The molecule has 0 aromatic carbocycles. The summed E-state index contributed by atoms with van der Waals surface area (Å²) in [7, 11) is 2.00. The number of hydrogen-bond acceptors (Lipinski definition) is 4. The maximum atomic E-state index is 8.83. The second kappa shape index (κ2) is 5.66. The number of aliphatic hydroxyl groups excluding tert-OH is 1. The Labute approximate surface area is 90.9 Å². The molecule has 0 saturated heterocycles. The lowest BCUT2D eigenvalue weighted by Crippen LogP contribution is -2.21. The normalized spacial score (nSPS) is 10.7. The molecule has 0 spiro atoms. The van der Waals surface area contributed by atoms with Crippen LogP contribution in [0.3, 0.4) is 0 Å². The molecule has 1 aromatic rings. The first-order valence-electron chi connectivity index (χ1n) is 5.28. The zero-order valence-electron chi connectivity index (χ0n) is 9.64. The molecule has 84 valence electrons. The van der Waals surface area contributed by atoms with Crippen LogP contribution in [-0.2, 0) is 6.61 Å². The van der Waals surface area contributed by atoms with Crippen LogP contribution in [0.15, 0.2) is 12.1 Å². The topological polar surface area (TPSA) is 49.2 Å². The molecule has 0 aliphatic heterocycles. The molecule has 0 unspecified atom stereocenters. The molecular formula is C11H19N3O. The van der Waals surface area contributed by atoms with Crippen molar-refractivity contribution in [3.63, 3.8) is 0 Å². The highest BCUT2D eigenvalue weighted by Gasteiger charge is 2.04. The van der Waals surface area contributed by atoms with Gasteiger partial charge in [-0.25, -0.2) is 0 Å². The molecule has 0 amide bonds. The van der Waals surface area contributed by atoms with Crippen LogP contribution in [0.4, 0.5) is 5.82 Å². The van der Waals surface area contributed by atoms with Crippen molar-refractivity contribution in [3.8, 4) is 0 Å². The molecular weight excluding hydrogens is 190 g/mol. The number of nitrogens with zero attached hydrogens (tertiary/aromatic N) is 3. The number of rotatable bonds is 5. The fraction of sp³-hybridized carbons (Fsp3) is 0.636. The molecule has 15 heavy (non-hydrogen) atoms. The van der Waals surface area contributed by atoms with E-state index in [1.54, 1.807) is 6.07 Å². The van der Waals surface area contributed by atoms with Crippen molar-refractivity contribution in [2.45, 2.75) is 26.9 Å². The second-order valence-electron chi connectivity index (χ2n) is 4.15. The molecule has 1 N–H and O–H groups in total. The van der Waals surface area contributed by atoms with E-state index in [0.29, 0.717) is 11.6 Å². The molecule has 0 aliphatic carbocycles. The van der Waals surface area contributed by atoms with E-state index in [1.807, 2.05) is 13.1 Å². The van der Waals surface area contributed by atoms with Crippen LogP contribution in [0.1, 0.15) is 26.0 Å². The Kier molecular flexibility index (Phi) is 4.49. The third-order valence-corrected chi connectivity index (χ3v) is 2.30. The average molecular weight is 209 g/mol. The van der Waals surface area contributed by atoms with Gasteiger partial charge >= 0.3 is 0 Å². The first kappa shape index (κ1) is 11.9. The van der Waals surface area contributed by atoms with Crippen LogP contribution in [0.5, 0.6) is 0 Å². The predicted molar refractivity (Wildman–Crippen MR) is 60.7 cm³/mol. The molecule has 1 aromatic heterocycles. The summed E-state index contributed by atoms with van der Waals surface area (Å²) < 4.78 is 0. The SMILES string of the molecule is CC(C)CCN(C)c1ccc(CO)nn1. The fourth-order valence-corrected chi connectivity index (χ4v) is 1.21. The molecule has 0 radical (unpaired) electrons. The Bertz CT molecular complexity index is 284. The van der Waals surface area contributed by atoms with Crippen LogP contribution in [-0.4, -0.2) is 28.9 Å². The van der Waals surface area contributed by atoms with Gasteiger partial charge in [0.05, 0.1) is 12.3 Å². The van der Waals surface area contributed by atoms with E-state index in [-0.39, 0.29) is 6.61 Å². The Morgan fingerprint density at radius 1 is 1.33 bits per heavy atom. The Hall–Kier alpha value is -1.16. The summed E-state index contributed by atoms with van der Waals surface area (Å²) in [5.74, 6) is 1.55. The van der Waals surface area contributed by atoms with E-state index in [1.165, 1.54) is 0 Å². The molecule has 4 heteroatoms. The monoisotopic (exact) mass is 209 g/mol. The summed E-state index contributed by atoms with van der Waals surface area (Å²) in [5, 5.41) is 16.8. The van der Waals surface area contributed by atoms with Gasteiger partial charge in [0, 0.05) is 13.6 Å². The minimum atomic E-state index is -0.0526. The van der Waals surface area contributed by atoms with Gasteiger partial charge in [0.25, 0.3) is 0 Å². The highest BCUT2D eigenvalue weighted by molar-refractivity contribution is 5.35. The summed E-state index contributed by atoms with van der Waals surface area (Å²) >= 11 is 0. The summed E-state index contributed by atoms with van der Waals surface area (Å²) in [5.41, 5.74) is 0.607. The van der Waals surface area contributed by atoms with Gasteiger partial charge in [-0.05, 0) is 24.5 Å². The largest absolute Gasteiger partial charge is 0.390 e. The van der Waals surface area contributed by atoms with Crippen LogP contribution in [0.25, 0.3) is 0 Å². The number of hydrogen-bond donors (Lipinski definition) is 1. The Morgan fingerprint density at radius 3 is 2.53 bits per heavy atom. The van der Waals surface area contributed by atoms with E-state index in [9.17, 15) is 0 Å². The summed E-state index contributed by atoms with van der Waals surface area (Å²) in [6.45, 7) is 5.33. The minimum Gasteiger partial charge on any atom is -0.390 e. The number of aliphatic hydroxyl groups is 1. The van der Waals surface area contributed by atoms with Gasteiger partial charge in [-0.15, -0.1) is 5.10 Å². The average Bonchev–Trinajstić information content (AvgIpc) is 2.26. The first-order valence-corrected chi connectivity index (χ1v) is 5.28. The fourth-order valence-electron chi connectivity index (χ4n) is 1.21.